The predicted molar refractivity (Wildman–Crippen MR) is 97.8 cm³/mol. The smallest absolute Gasteiger partial charge is 0.240 e. The SMILES string of the molecule is Cc1ccc(Br)cc1NC(=O)CCNC(=O)C1(N)CCCC1.Cl. The minimum atomic E-state index is -0.739. The molecule has 1 aliphatic rings. The van der Waals surface area contributed by atoms with Crippen molar-refractivity contribution < 1.29 is 9.59 Å². The summed E-state index contributed by atoms with van der Waals surface area (Å²) in [4.78, 5) is 24.0. The van der Waals surface area contributed by atoms with Gasteiger partial charge in [-0.1, -0.05) is 34.8 Å². The monoisotopic (exact) mass is 403 g/mol. The lowest BCUT2D eigenvalue weighted by atomic mass is 9.98. The first-order valence-corrected chi connectivity index (χ1v) is 8.33. The number of aryl methyl sites for hydroxylation is 1. The molecule has 2 rings (SSSR count). The summed E-state index contributed by atoms with van der Waals surface area (Å²) in [6.45, 7) is 2.23. The summed E-state index contributed by atoms with van der Waals surface area (Å²) >= 11 is 3.38. The first kappa shape index (κ1) is 19.9. The molecule has 23 heavy (non-hydrogen) atoms. The highest BCUT2D eigenvalue weighted by atomic mass is 79.9. The molecule has 2 amide bonds. The standard InChI is InChI=1S/C16H22BrN3O2.ClH/c1-11-4-5-12(17)10-13(11)20-14(21)6-9-19-15(22)16(18)7-2-3-8-16;/h4-5,10H,2-3,6-9,18H2,1H3,(H,19,22)(H,20,21);1H. The molecule has 1 saturated carbocycles. The molecule has 0 radical (unpaired) electrons. The van der Waals surface area contributed by atoms with Gasteiger partial charge in [0.05, 0.1) is 5.54 Å². The van der Waals surface area contributed by atoms with E-state index in [1.54, 1.807) is 0 Å². The summed E-state index contributed by atoms with van der Waals surface area (Å²) in [5, 5.41) is 5.63. The highest BCUT2D eigenvalue weighted by Crippen LogP contribution is 2.27. The third-order valence-corrected chi connectivity index (χ3v) is 4.55. The number of carbonyl (C=O) groups is 2. The molecule has 0 aliphatic heterocycles. The van der Waals surface area contributed by atoms with Gasteiger partial charge in [0.15, 0.2) is 0 Å². The zero-order valence-electron chi connectivity index (χ0n) is 13.2. The van der Waals surface area contributed by atoms with Gasteiger partial charge < -0.3 is 16.4 Å². The maximum Gasteiger partial charge on any atom is 0.240 e. The van der Waals surface area contributed by atoms with Crippen LogP contribution < -0.4 is 16.4 Å². The molecular weight excluding hydrogens is 382 g/mol. The van der Waals surface area contributed by atoms with Crippen LogP contribution in [-0.2, 0) is 9.59 Å². The number of halogens is 2. The van der Waals surface area contributed by atoms with Crippen LogP contribution in [0, 0.1) is 6.92 Å². The van der Waals surface area contributed by atoms with Crippen molar-refractivity contribution in [1.82, 2.24) is 5.32 Å². The summed E-state index contributed by atoms with van der Waals surface area (Å²) in [7, 11) is 0. The molecule has 4 N–H and O–H groups in total. The van der Waals surface area contributed by atoms with Crippen LogP contribution in [0.5, 0.6) is 0 Å². The van der Waals surface area contributed by atoms with E-state index in [9.17, 15) is 9.59 Å². The van der Waals surface area contributed by atoms with Gasteiger partial charge >= 0.3 is 0 Å². The first-order valence-electron chi connectivity index (χ1n) is 7.54. The average molecular weight is 405 g/mol. The van der Waals surface area contributed by atoms with Gasteiger partial charge in [0.2, 0.25) is 11.8 Å². The van der Waals surface area contributed by atoms with Gasteiger partial charge in [-0.15, -0.1) is 12.4 Å². The van der Waals surface area contributed by atoms with Crippen molar-refractivity contribution in [3.8, 4) is 0 Å². The van der Waals surface area contributed by atoms with Gasteiger partial charge in [-0.25, -0.2) is 0 Å². The van der Waals surface area contributed by atoms with E-state index in [4.69, 9.17) is 5.73 Å². The third kappa shape index (κ3) is 5.48. The van der Waals surface area contributed by atoms with Crippen LogP contribution in [0.15, 0.2) is 22.7 Å². The number of nitrogens with two attached hydrogens (primary N) is 1. The van der Waals surface area contributed by atoms with E-state index in [2.05, 4.69) is 26.6 Å². The molecule has 1 aromatic rings. The van der Waals surface area contributed by atoms with Crippen molar-refractivity contribution in [3.05, 3.63) is 28.2 Å². The maximum atomic E-state index is 12.0. The highest BCUT2D eigenvalue weighted by Gasteiger charge is 2.36. The maximum absolute atomic E-state index is 12.0. The first-order chi connectivity index (χ1) is 10.4. The van der Waals surface area contributed by atoms with Gasteiger partial charge in [0, 0.05) is 23.1 Å². The predicted octanol–water partition coefficient (Wildman–Crippen LogP) is 2.90. The van der Waals surface area contributed by atoms with Crippen molar-refractivity contribution >= 4 is 45.8 Å². The van der Waals surface area contributed by atoms with Crippen LogP contribution in [-0.4, -0.2) is 23.9 Å². The molecule has 0 aromatic heterocycles. The number of benzene rings is 1. The normalized spacial score (nSPS) is 15.6. The van der Waals surface area contributed by atoms with E-state index in [0.717, 1.165) is 41.4 Å². The van der Waals surface area contributed by atoms with Crippen LogP contribution in [0.3, 0.4) is 0 Å². The Kier molecular flexibility index (Phi) is 7.51. The van der Waals surface area contributed by atoms with Gasteiger partial charge in [0.1, 0.15) is 0 Å². The molecule has 7 heteroatoms. The molecule has 1 aromatic carbocycles. The van der Waals surface area contributed by atoms with E-state index in [1.165, 1.54) is 0 Å². The second-order valence-electron chi connectivity index (χ2n) is 5.88. The summed E-state index contributed by atoms with van der Waals surface area (Å²) < 4.78 is 0.910. The van der Waals surface area contributed by atoms with Gasteiger partial charge in [-0.3, -0.25) is 9.59 Å². The van der Waals surface area contributed by atoms with E-state index >= 15 is 0 Å². The van der Waals surface area contributed by atoms with Crippen LogP contribution >= 0.6 is 28.3 Å². The van der Waals surface area contributed by atoms with Crippen LogP contribution in [0.1, 0.15) is 37.7 Å². The van der Waals surface area contributed by atoms with Gasteiger partial charge in [-0.05, 0) is 37.5 Å². The fraction of sp³-hybridized carbons (Fsp3) is 0.500. The second-order valence-corrected chi connectivity index (χ2v) is 6.79. The minimum Gasteiger partial charge on any atom is -0.354 e. The zero-order chi connectivity index (χ0) is 16.2. The highest BCUT2D eigenvalue weighted by molar-refractivity contribution is 9.10. The van der Waals surface area contributed by atoms with Crippen LogP contribution in [0.2, 0.25) is 0 Å². The second kappa shape index (κ2) is 8.66. The number of carbonyl (C=O) groups excluding carboxylic acids is 2. The van der Waals surface area contributed by atoms with Crippen molar-refractivity contribution in [2.45, 2.75) is 44.6 Å². The largest absolute Gasteiger partial charge is 0.354 e. The molecule has 1 aliphatic carbocycles. The Morgan fingerprint density at radius 3 is 2.61 bits per heavy atom. The Bertz CT molecular complexity index is 574. The number of amides is 2. The minimum absolute atomic E-state index is 0. The zero-order valence-corrected chi connectivity index (χ0v) is 15.6. The molecule has 0 spiro atoms. The lowest BCUT2D eigenvalue weighted by Crippen LogP contribution is -2.52. The molecule has 0 unspecified atom stereocenters. The number of hydrogen-bond donors (Lipinski definition) is 3. The summed E-state index contributed by atoms with van der Waals surface area (Å²) in [6, 6.07) is 5.71. The van der Waals surface area contributed by atoms with E-state index < -0.39 is 5.54 Å². The Labute approximate surface area is 151 Å². The summed E-state index contributed by atoms with van der Waals surface area (Å²) in [5.41, 5.74) is 7.09. The lowest BCUT2D eigenvalue weighted by Gasteiger charge is -2.22. The average Bonchev–Trinajstić information content (AvgIpc) is 2.91. The third-order valence-electron chi connectivity index (χ3n) is 4.06. The topological polar surface area (TPSA) is 84.2 Å². The number of nitrogens with one attached hydrogen (secondary N) is 2. The molecule has 1 fully saturated rings. The number of hydrogen-bond acceptors (Lipinski definition) is 3. The van der Waals surface area contributed by atoms with Crippen molar-refractivity contribution in [2.75, 3.05) is 11.9 Å². The quantitative estimate of drug-likeness (QED) is 0.705. The Morgan fingerprint density at radius 2 is 1.96 bits per heavy atom. The number of rotatable bonds is 5. The molecule has 5 nitrogen and oxygen atoms in total. The van der Waals surface area contributed by atoms with Crippen LogP contribution in [0.4, 0.5) is 5.69 Å². The Morgan fingerprint density at radius 1 is 1.30 bits per heavy atom. The Hall–Kier alpha value is -1.11. The fourth-order valence-corrected chi connectivity index (χ4v) is 3.00. The molecule has 0 heterocycles. The van der Waals surface area contributed by atoms with Gasteiger partial charge in [-0.2, -0.15) is 0 Å². The van der Waals surface area contributed by atoms with Crippen LogP contribution in [0.25, 0.3) is 0 Å². The van der Waals surface area contributed by atoms with Gasteiger partial charge in [0.25, 0.3) is 0 Å². The van der Waals surface area contributed by atoms with Crippen molar-refractivity contribution in [2.24, 2.45) is 5.73 Å². The Balaban J connectivity index is 0.00000264. The number of anilines is 1. The molecule has 0 saturated heterocycles. The summed E-state index contributed by atoms with van der Waals surface area (Å²) in [6.07, 6.45) is 3.66. The molecule has 128 valence electrons. The van der Waals surface area contributed by atoms with E-state index in [0.29, 0.717) is 6.54 Å². The molecule has 0 atom stereocenters. The summed E-state index contributed by atoms with van der Waals surface area (Å²) in [5.74, 6) is -0.268. The van der Waals surface area contributed by atoms with E-state index in [1.807, 2.05) is 25.1 Å². The molecule has 0 bridgehead atoms. The molecular formula is C16H23BrClN3O2. The van der Waals surface area contributed by atoms with Crippen molar-refractivity contribution in [1.29, 1.82) is 0 Å². The lowest BCUT2D eigenvalue weighted by molar-refractivity contribution is -0.126. The fourth-order valence-electron chi connectivity index (χ4n) is 2.64. The van der Waals surface area contributed by atoms with Crippen molar-refractivity contribution in [3.63, 3.8) is 0 Å². The van der Waals surface area contributed by atoms with E-state index in [-0.39, 0.29) is 30.6 Å².